The molecule has 3 N–H and O–H groups in total. The summed E-state index contributed by atoms with van der Waals surface area (Å²) < 4.78 is 19.4. The number of amidine groups is 1. The predicted octanol–water partition coefficient (Wildman–Crippen LogP) is 1.72. The zero-order valence-corrected chi connectivity index (χ0v) is 10.7. The zero-order valence-electron chi connectivity index (χ0n) is 10.7. The Hall–Kier alpha value is -1.62. The van der Waals surface area contributed by atoms with Crippen molar-refractivity contribution in [2.75, 3.05) is 24.6 Å². The van der Waals surface area contributed by atoms with Crippen LogP contribution in [0.4, 0.5) is 10.1 Å². The van der Waals surface area contributed by atoms with Crippen LogP contribution in [0.5, 0.6) is 0 Å². The van der Waals surface area contributed by atoms with Gasteiger partial charge in [-0.25, -0.2) is 4.39 Å². The fraction of sp³-hybridized carbons (Fsp3) is 0.462. The summed E-state index contributed by atoms with van der Waals surface area (Å²) >= 11 is 0. The van der Waals surface area contributed by atoms with Crippen LogP contribution in [0, 0.1) is 11.2 Å². The molecule has 18 heavy (non-hydrogen) atoms. The Kier molecular flexibility index (Phi) is 3.26. The molecule has 1 aliphatic heterocycles. The van der Waals surface area contributed by atoms with Crippen molar-refractivity contribution in [3.05, 3.63) is 29.6 Å². The van der Waals surface area contributed by atoms with E-state index in [2.05, 4.69) is 0 Å². The largest absolute Gasteiger partial charge is 0.384 e. The van der Waals surface area contributed by atoms with Gasteiger partial charge in [-0.3, -0.25) is 5.41 Å². The third-order valence-electron chi connectivity index (χ3n) is 3.03. The first-order valence-electron chi connectivity index (χ1n) is 5.92. The smallest absolute Gasteiger partial charge is 0.136 e. The van der Waals surface area contributed by atoms with Gasteiger partial charge in [0.1, 0.15) is 11.7 Å². The fourth-order valence-electron chi connectivity index (χ4n) is 2.26. The number of nitrogens with one attached hydrogen (secondary N) is 1. The SMILES string of the molecule is CC1(C)CN(c2cccc(F)c2C(=N)N)CCO1. The maximum atomic E-state index is 13.8. The predicted molar refractivity (Wildman–Crippen MR) is 69.7 cm³/mol. The number of halogens is 1. The van der Waals surface area contributed by atoms with E-state index < -0.39 is 5.82 Å². The first-order chi connectivity index (χ1) is 8.41. The molecule has 1 aromatic rings. The second-order valence-corrected chi connectivity index (χ2v) is 5.08. The summed E-state index contributed by atoms with van der Waals surface area (Å²) in [5.41, 5.74) is 6.04. The lowest BCUT2D eigenvalue weighted by molar-refractivity contribution is -0.0277. The van der Waals surface area contributed by atoms with Gasteiger partial charge in [-0.15, -0.1) is 0 Å². The lowest BCUT2D eigenvalue weighted by atomic mass is 10.0. The maximum absolute atomic E-state index is 13.8. The molecule has 1 aliphatic rings. The van der Waals surface area contributed by atoms with Crippen molar-refractivity contribution in [2.45, 2.75) is 19.4 Å². The van der Waals surface area contributed by atoms with E-state index in [1.807, 2.05) is 18.7 Å². The van der Waals surface area contributed by atoms with Crippen LogP contribution in [0.15, 0.2) is 18.2 Å². The van der Waals surface area contributed by atoms with E-state index in [0.717, 1.165) is 0 Å². The maximum Gasteiger partial charge on any atom is 0.136 e. The highest BCUT2D eigenvalue weighted by Gasteiger charge is 2.29. The molecular weight excluding hydrogens is 233 g/mol. The number of rotatable bonds is 2. The highest BCUT2D eigenvalue weighted by molar-refractivity contribution is 6.00. The van der Waals surface area contributed by atoms with Gasteiger partial charge in [-0.05, 0) is 26.0 Å². The summed E-state index contributed by atoms with van der Waals surface area (Å²) in [6.07, 6.45) is 0. The average Bonchev–Trinajstić information content (AvgIpc) is 2.26. The lowest BCUT2D eigenvalue weighted by Gasteiger charge is -2.40. The van der Waals surface area contributed by atoms with E-state index in [0.29, 0.717) is 25.4 Å². The van der Waals surface area contributed by atoms with Crippen LogP contribution < -0.4 is 10.6 Å². The molecule has 1 fully saturated rings. The molecule has 2 rings (SSSR count). The van der Waals surface area contributed by atoms with E-state index >= 15 is 0 Å². The summed E-state index contributed by atoms with van der Waals surface area (Å²) in [4.78, 5) is 2.02. The molecule has 1 saturated heterocycles. The number of hydrogen-bond donors (Lipinski definition) is 2. The number of ether oxygens (including phenoxy) is 1. The summed E-state index contributed by atoms with van der Waals surface area (Å²) in [6.45, 7) is 5.89. The van der Waals surface area contributed by atoms with Gasteiger partial charge in [-0.2, -0.15) is 0 Å². The van der Waals surface area contributed by atoms with Gasteiger partial charge < -0.3 is 15.4 Å². The summed E-state index contributed by atoms with van der Waals surface area (Å²) in [5, 5.41) is 7.51. The lowest BCUT2D eigenvalue weighted by Crippen LogP contribution is -2.49. The Morgan fingerprint density at radius 2 is 2.22 bits per heavy atom. The van der Waals surface area contributed by atoms with Crippen LogP contribution in [0.2, 0.25) is 0 Å². The van der Waals surface area contributed by atoms with Gasteiger partial charge in [-0.1, -0.05) is 6.07 Å². The number of nitrogens with two attached hydrogens (primary N) is 1. The molecule has 0 atom stereocenters. The molecule has 0 radical (unpaired) electrons. The Balaban J connectivity index is 2.39. The molecule has 5 heteroatoms. The average molecular weight is 251 g/mol. The van der Waals surface area contributed by atoms with Crippen LogP contribution in [-0.4, -0.2) is 31.1 Å². The summed E-state index contributed by atoms with van der Waals surface area (Å²) in [6, 6.07) is 4.76. The number of nitrogens with zero attached hydrogens (tertiary/aromatic N) is 1. The highest BCUT2D eigenvalue weighted by atomic mass is 19.1. The minimum atomic E-state index is -0.454. The summed E-state index contributed by atoms with van der Waals surface area (Å²) in [5.74, 6) is -0.698. The van der Waals surface area contributed by atoms with E-state index in [9.17, 15) is 4.39 Å². The monoisotopic (exact) mass is 251 g/mol. The third kappa shape index (κ3) is 2.46. The molecule has 0 unspecified atom stereocenters. The molecule has 0 amide bonds. The molecule has 0 spiro atoms. The Bertz CT molecular complexity index is 473. The van der Waals surface area contributed by atoms with Crippen LogP contribution in [0.1, 0.15) is 19.4 Å². The molecule has 0 bridgehead atoms. The normalized spacial score (nSPS) is 18.7. The molecule has 1 aromatic carbocycles. The molecular formula is C13H18FN3O. The molecule has 1 heterocycles. The Morgan fingerprint density at radius 3 is 2.83 bits per heavy atom. The second kappa shape index (κ2) is 4.57. The Labute approximate surface area is 106 Å². The van der Waals surface area contributed by atoms with Crippen molar-refractivity contribution in [1.82, 2.24) is 0 Å². The first kappa shape index (κ1) is 12.8. The van der Waals surface area contributed by atoms with E-state index in [1.165, 1.54) is 6.07 Å². The standard InChI is InChI=1S/C13H18FN3O/c1-13(2)8-17(6-7-18-13)10-5-3-4-9(14)11(10)12(15)16/h3-5H,6-8H2,1-2H3,(H3,15,16). The van der Waals surface area contributed by atoms with Crippen molar-refractivity contribution in [1.29, 1.82) is 5.41 Å². The van der Waals surface area contributed by atoms with Gasteiger partial charge in [0.15, 0.2) is 0 Å². The van der Waals surface area contributed by atoms with Gasteiger partial charge in [0, 0.05) is 13.1 Å². The van der Waals surface area contributed by atoms with Gasteiger partial charge >= 0.3 is 0 Å². The van der Waals surface area contributed by atoms with Gasteiger partial charge in [0.25, 0.3) is 0 Å². The number of hydrogen-bond acceptors (Lipinski definition) is 3. The molecule has 0 aromatic heterocycles. The number of benzene rings is 1. The fourth-order valence-corrected chi connectivity index (χ4v) is 2.26. The van der Waals surface area contributed by atoms with Crippen LogP contribution in [0.3, 0.4) is 0 Å². The molecule has 4 nitrogen and oxygen atoms in total. The molecule has 98 valence electrons. The van der Waals surface area contributed by atoms with E-state index in [4.69, 9.17) is 15.9 Å². The Morgan fingerprint density at radius 1 is 1.50 bits per heavy atom. The van der Waals surface area contributed by atoms with Crippen LogP contribution in [0.25, 0.3) is 0 Å². The van der Waals surface area contributed by atoms with Crippen LogP contribution >= 0.6 is 0 Å². The topological polar surface area (TPSA) is 62.3 Å². The molecule has 0 saturated carbocycles. The minimum Gasteiger partial charge on any atom is -0.384 e. The van der Waals surface area contributed by atoms with Gasteiger partial charge in [0.2, 0.25) is 0 Å². The quantitative estimate of drug-likeness (QED) is 0.621. The van der Waals surface area contributed by atoms with E-state index in [-0.39, 0.29) is 17.0 Å². The van der Waals surface area contributed by atoms with Gasteiger partial charge in [0.05, 0.1) is 23.5 Å². The van der Waals surface area contributed by atoms with Crippen molar-refractivity contribution >= 4 is 11.5 Å². The highest BCUT2D eigenvalue weighted by Crippen LogP contribution is 2.27. The second-order valence-electron chi connectivity index (χ2n) is 5.08. The number of anilines is 1. The van der Waals surface area contributed by atoms with Crippen molar-refractivity contribution in [3.8, 4) is 0 Å². The van der Waals surface area contributed by atoms with Crippen LogP contribution in [-0.2, 0) is 4.74 Å². The summed E-state index contributed by atoms with van der Waals surface area (Å²) in [7, 11) is 0. The minimum absolute atomic E-state index is 0.176. The zero-order chi connectivity index (χ0) is 13.3. The number of nitrogen functional groups attached to an aromatic ring is 1. The molecule has 0 aliphatic carbocycles. The van der Waals surface area contributed by atoms with Crippen molar-refractivity contribution < 1.29 is 9.13 Å². The van der Waals surface area contributed by atoms with E-state index in [1.54, 1.807) is 12.1 Å². The number of morpholine rings is 1. The van der Waals surface area contributed by atoms with Crippen molar-refractivity contribution in [2.24, 2.45) is 5.73 Å². The third-order valence-corrected chi connectivity index (χ3v) is 3.03. The first-order valence-corrected chi connectivity index (χ1v) is 5.92. The van der Waals surface area contributed by atoms with Crippen molar-refractivity contribution in [3.63, 3.8) is 0 Å².